The number of rotatable bonds is 10. The van der Waals surface area contributed by atoms with Crippen molar-refractivity contribution in [1.82, 2.24) is 15.0 Å². The molecule has 0 unspecified atom stereocenters. The van der Waals surface area contributed by atoms with Crippen molar-refractivity contribution in [2.45, 2.75) is 32.2 Å². The quantitative estimate of drug-likeness (QED) is 0.559. The molecule has 146 valence electrons. The summed E-state index contributed by atoms with van der Waals surface area (Å²) in [5, 5.41) is 14.7. The summed E-state index contributed by atoms with van der Waals surface area (Å²) in [5.41, 5.74) is 1.00. The Hall–Kier alpha value is -3.00. The molecule has 2 heterocycles. The molecular weight excluding hydrogens is 378 g/mol. The second-order valence-corrected chi connectivity index (χ2v) is 7.23. The van der Waals surface area contributed by atoms with Crippen molar-refractivity contribution in [3.05, 3.63) is 59.3 Å². The summed E-state index contributed by atoms with van der Waals surface area (Å²) < 4.78 is 5.25. The Morgan fingerprint density at radius 1 is 1.11 bits per heavy atom. The number of nitrogens with zero attached hydrogens (tertiary/aromatic N) is 3. The SMILES string of the molecule is O=C(O)CCCN(Cc1ccccc1)C(=O)CCc1nc(-c2cccs2)no1. The van der Waals surface area contributed by atoms with Crippen LogP contribution < -0.4 is 0 Å². The lowest BCUT2D eigenvalue weighted by Crippen LogP contribution is -2.32. The third-order valence-corrected chi connectivity index (χ3v) is 5.02. The Kier molecular flexibility index (Phi) is 6.91. The fourth-order valence-electron chi connectivity index (χ4n) is 2.75. The van der Waals surface area contributed by atoms with E-state index in [1.807, 2.05) is 47.8 Å². The average Bonchev–Trinajstić information content (AvgIpc) is 3.37. The molecule has 0 aliphatic heterocycles. The number of carbonyl (C=O) groups is 2. The summed E-state index contributed by atoms with van der Waals surface area (Å²) in [6.45, 7) is 0.841. The number of hydrogen-bond donors (Lipinski definition) is 1. The molecule has 28 heavy (non-hydrogen) atoms. The van der Waals surface area contributed by atoms with Gasteiger partial charge < -0.3 is 14.5 Å². The number of aliphatic carboxylic acids is 1. The van der Waals surface area contributed by atoms with Gasteiger partial charge in [-0.2, -0.15) is 4.98 Å². The molecule has 0 atom stereocenters. The highest BCUT2D eigenvalue weighted by molar-refractivity contribution is 7.13. The van der Waals surface area contributed by atoms with Crippen molar-refractivity contribution in [3.8, 4) is 10.7 Å². The first-order valence-electron chi connectivity index (χ1n) is 9.02. The lowest BCUT2D eigenvalue weighted by molar-refractivity contribution is -0.138. The number of carbonyl (C=O) groups excluding carboxylic acids is 1. The predicted molar refractivity (Wildman–Crippen MR) is 105 cm³/mol. The van der Waals surface area contributed by atoms with E-state index in [9.17, 15) is 9.59 Å². The number of thiophene rings is 1. The highest BCUT2D eigenvalue weighted by Gasteiger charge is 2.17. The number of hydrogen-bond acceptors (Lipinski definition) is 6. The minimum atomic E-state index is -0.862. The molecule has 0 saturated carbocycles. The number of benzene rings is 1. The molecule has 1 N–H and O–H groups in total. The maximum Gasteiger partial charge on any atom is 0.303 e. The monoisotopic (exact) mass is 399 g/mol. The molecule has 0 aliphatic rings. The second kappa shape index (κ2) is 9.80. The van der Waals surface area contributed by atoms with Crippen molar-refractivity contribution in [2.75, 3.05) is 6.54 Å². The van der Waals surface area contributed by atoms with Crippen molar-refractivity contribution < 1.29 is 19.2 Å². The van der Waals surface area contributed by atoms with Crippen LogP contribution in [0.3, 0.4) is 0 Å². The van der Waals surface area contributed by atoms with Gasteiger partial charge in [-0.25, -0.2) is 0 Å². The van der Waals surface area contributed by atoms with E-state index < -0.39 is 5.97 Å². The predicted octanol–water partition coefficient (Wildman–Crippen LogP) is 3.62. The standard InChI is InChI=1S/C20H21N3O4S/c24-18(11-10-17-21-20(22-27-17)16-8-5-13-28-16)23(12-4-9-19(25)26)14-15-6-2-1-3-7-15/h1-3,5-8,13H,4,9-12,14H2,(H,25,26). The van der Waals surface area contributed by atoms with Crippen LogP contribution in [0.4, 0.5) is 0 Å². The zero-order chi connectivity index (χ0) is 19.8. The van der Waals surface area contributed by atoms with E-state index in [-0.39, 0.29) is 18.7 Å². The minimum Gasteiger partial charge on any atom is -0.481 e. The molecular formula is C20H21N3O4S. The van der Waals surface area contributed by atoms with E-state index in [4.69, 9.17) is 9.63 Å². The van der Waals surface area contributed by atoms with Gasteiger partial charge in [-0.05, 0) is 23.4 Å². The van der Waals surface area contributed by atoms with Crippen molar-refractivity contribution in [2.24, 2.45) is 0 Å². The Balaban J connectivity index is 1.59. The van der Waals surface area contributed by atoms with Crippen LogP contribution in [0.1, 0.15) is 30.7 Å². The summed E-state index contributed by atoms with van der Waals surface area (Å²) in [5.74, 6) is 0.0196. The topological polar surface area (TPSA) is 96.5 Å². The average molecular weight is 399 g/mol. The fraction of sp³-hybridized carbons (Fsp3) is 0.300. The Bertz CT molecular complexity index is 893. The molecule has 8 heteroatoms. The summed E-state index contributed by atoms with van der Waals surface area (Å²) in [6, 6.07) is 13.5. The van der Waals surface area contributed by atoms with Crippen LogP contribution in [0, 0.1) is 0 Å². The molecule has 0 spiro atoms. The first-order valence-corrected chi connectivity index (χ1v) is 9.90. The van der Waals surface area contributed by atoms with Crippen molar-refractivity contribution >= 4 is 23.2 Å². The molecule has 7 nitrogen and oxygen atoms in total. The third kappa shape index (κ3) is 5.75. The zero-order valence-electron chi connectivity index (χ0n) is 15.3. The smallest absolute Gasteiger partial charge is 0.303 e. The Morgan fingerprint density at radius 3 is 2.64 bits per heavy atom. The summed E-state index contributed by atoms with van der Waals surface area (Å²) in [6.07, 6.45) is 1.02. The molecule has 3 rings (SSSR count). The first kappa shape index (κ1) is 19.8. The largest absolute Gasteiger partial charge is 0.481 e. The van der Waals surface area contributed by atoms with Crippen LogP contribution in [0.15, 0.2) is 52.4 Å². The maximum atomic E-state index is 12.7. The number of amides is 1. The first-order chi connectivity index (χ1) is 13.6. The van der Waals surface area contributed by atoms with Gasteiger partial charge in [0.15, 0.2) is 0 Å². The highest BCUT2D eigenvalue weighted by Crippen LogP contribution is 2.21. The third-order valence-electron chi connectivity index (χ3n) is 4.15. The van der Waals surface area contributed by atoms with E-state index in [1.165, 1.54) is 11.3 Å². The zero-order valence-corrected chi connectivity index (χ0v) is 16.1. The van der Waals surface area contributed by atoms with Gasteiger partial charge in [-0.1, -0.05) is 41.6 Å². The molecule has 2 aromatic heterocycles. The van der Waals surface area contributed by atoms with E-state index in [2.05, 4.69) is 10.1 Å². The molecule has 0 radical (unpaired) electrons. The van der Waals surface area contributed by atoms with Gasteiger partial charge in [0, 0.05) is 32.4 Å². The van der Waals surface area contributed by atoms with Crippen molar-refractivity contribution in [1.29, 1.82) is 0 Å². The lowest BCUT2D eigenvalue weighted by Gasteiger charge is -2.22. The van der Waals surface area contributed by atoms with Crippen LogP contribution in [0.5, 0.6) is 0 Å². The number of carboxylic acid groups (broad SMARTS) is 1. The lowest BCUT2D eigenvalue weighted by atomic mass is 10.1. The van der Waals surface area contributed by atoms with Gasteiger partial charge in [0.05, 0.1) is 4.88 Å². The summed E-state index contributed by atoms with van der Waals surface area (Å²) in [7, 11) is 0. The van der Waals surface area contributed by atoms with Gasteiger partial charge in [0.2, 0.25) is 17.6 Å². The van der Waals surface area contributed by atoms with Crippen LogP contribution >= 0.6 is 11.3 Å². The highest BCUT2D eigenvalue weighted by atomic mass is 32.1. The van der Waals surface area contributed by atoms with Crippen molar-refractivity contribution in [3.63, 3.8) is 0 Å². The minimum absolute atomic E-state index is 0.0341. The molecule has 0 aliphatic carbocycles. The van der Waals surface area contributed by atoms with E-state index in [0.717, 1.165) is 10.4 Å². The molecule has 0 fully saturated rings. The van der Waals surface area contributed by atoms with Crippen LogP contribution in [0.2, 0.25) is 0 Å². The van der Waals surface area contributed by atoms with Gasteiger partial charge in [-0.3, -0.25) is 9.59 Å². The van der Waals surface area contributed by atoms with Gasteiger partial charge >= 0.3 is 5.97 Å². The van der Waals surface area contributed by atoms with Gasteiger partial charge in [-0.15, -0.1) is 11.3 Å². The summed E-state index contributed by atoms with van der Waals surface area (Å²) >= 11 is 1.52. The van der Waals surface area contributed by atoms with Crippen LogP contribution in [-0.2, 0) is 22.6 Å². The fourth-order valence-corrected chi connectivity index (χ4v) is 3.40. The van der Waals surface area contributed by atoms with E-state index in [1.54, 1.807) is 4.90 Å². The van der Waals surface area contributed by atoms with Crippen LogP contribution in [-0.4, -0.2) is 38.6 Å². The number of aromatic nitrogens is 2. The number of aryl methyl sites for hydroxylation is 1. The molecule has 3 aromatic rings. The van der Waals surface area contributed by atoms with E-state index >= 15 is 0 Å². The summed E-state index contributed by atoms with van der Waals surface area (Å²) in [4.78, 5) is 30.5. The van der Waals surface area contributed by atoms with Crippen LogP contribution in [0.25, 0.3) is 10.7 Å². The second-order valence-electron chi connectivity index (χ2n) is 6.29. The Labute approximate surface area is 166 Å². The molecule has 1 aromatic carbocycles. The van der Waals surface area contributed by atoms with Gasteiger partial charge in [0.25, 0.3) is 0 Å². The molecule has 0 saturated heterocycles. The van der Waals surface area contributed by atoms with E-state index in [0.29, 0.717) is 37.6 Å². The molecule has 1 amide bonds. The normalized spacial score (nSPS) is 10.7. The van der Waals surface area contributed by atoms with Gasteiger partial charge in [0.1, 0.15) is 0 Å². The molecule has 0 bridgehead atoms. The maximum absolute atomic E-state index is 12.7. The Morgan fingerprint density at radius 2 is 1.93 bits per heavy atom. The number of carboxylic acids is 1.